The fraction of sp³-hybridized carbons (Fsp3) is 0.231. The molecule has 1 N–H and O–H groups in total. The topological polar surface area (TPSA) is 29.5 Å². The summed E-state index contributed by atoms with van der Waals surface area (Å²) in [7, 11) is 1.63. The zero-order chi connectivity index (χ0) is 13.1. The molecule has 0 aliphatic carbocycles. The highest BCUT2D eigenvalue weighted by atomic mass is 79.9. The fourth-order valence-electron chi connectivity index (χ4n) is 1.70. The normalized spacial score (nSPS) is 12.4. The summed E-state index contributed by atoms with van der Waals surface area (Å²) in [5.74, 6) is 0.780. The number of hydrogen-bond donors (Lipinski definition) is 1. The summed E-state index contributed by atoms with van der Waals surface area (Å²) >= 11 is 10.9. The standard InChI is InChI=1S/C13H12BrClO2S/c1-17-12-3-2-8(6-9(12)14)7-11(16)13-10(15)4-5-18-13/h2-6,11,16H,7H2,1H3. The molecule has 0 radical (unpaired) electrons. The van der Waals surface area contributed by atoms with Gasteiger partial charge in [0.25, 0.3) is 0 Å². The van der Waals surface area contributed by atoms with Gasteiger partial charge in [0.15, 0.2) is 0 Å². The first-order valence-corrected chi connectivity index (χ1v) is 7.40. The molecule has 1 aromatic carbocycles. The third-order valence-electron chi connectivity index (χ3n) is 2.59. The molecular formula is C13H12BrClO2S. The van der Waals surface area contributed by atoms with Crippen LogP contribution >= 0.6 is 38.9 Å². The largest absolute Gasteiger partial charge is 0.496 e. The summed E-state index contributed by atoms with van der Waals surface area (Å²) in [4.78, 5) is 0.809. The van der Waals surface area contributed by atoms with Crippen molar-refractivity contribution >= 4 is 38.9 Å². The van der Waals surface area contributed by atoms with Gasteiger partial charge in [0.2, 0.25) is 0 Å². The van der Waals surface area contributed by atoms with Gasteiger partial charge in [-0.2, -0.15) is 0 Å². The Bertz CT molecular complexity index is 542. The lowest BCUT2D eigenvalue weighted by atomic mass is 10.1. The van der Waals surface area contributed by atoms with Crippen molar-refractivity contribution in [2.45, 2.75) is 12.5 Å². The highest BCUT2D eigenvalue weighted by Gasteiger charge is 2.14. The average Bonchev–Trinajstić information content (AvgIpc) is 2.76. The molecule has 1 unspecified atom stereocenters. The Morgan fingerprint density at radius 2 is 2.22 bits per heavy atom. The van der Waals surface area contributed by atoms with E-state index >= 15 is 0 Å². The maximum atomic E-state index is 10.1. The van der Waals surface area contributed by atoms with Crippen LogP contribution in [0.15, 0.2) is 34.1 Å². The van der Waals surface area contributed by atoms with Gasteiger partial charge < -0.3 is 9.84 Å². The van der Waals surface area contributed by atoms with Crippen LogP contribution in [0.2, 0.25) is 5.02 Å². The van der Waals surface area contributed by atoms with Crippen molar-refractivity contribution in [2.24, 2.45) is 0 Å². The molecule has 2 rings (SSSR count). The Morgan fingerprint density at radius 3 is 2.78 bits per heavy atom. The maximum Gasteiger partial charge on any atom is 0.133 e. The van der Waals surface area contributed by atoms with Crippen molar-refractivity contribution in [3.63, 3.8) is 0 Å². The van der Waals surface area contributed by atoms with E-state index in [0.717, 1.165) is 20.7 Å². The van der Waals surface area contributed by atoms with Crippen LogP contribution in [0, 0.1) is 0 Å². The number of methoxy groups -OCH3 is 1. The molecule has 2 aromatic rings. The first-order chi connectivity index (χ1) is 8.61. The van der Waals surface area contributed by atoms with Gasteiger partial charge in [-0.15, -0.1) is 11.3 Å². The lowest BCUT2D eigenvalue weighted by Gasteiger charge is -2.11. The lowest BCUT2D eigenvalue weighted by molar-refractivity contribution is 0.182. The van der Waals surface area contributed by atoms with Gasteiger partial charge >= 0.3 is 0 Å². The Morgan fingerprint density at radius 1 is 1.44 bits per heavy atom. The number of halogens is 2. The Hall–Kier alpha value is -0.550. The zero-order valence-electron chi connectivity index (χ0n) is 9.69. The predicted molar refractivity (Wildman–Crippen MR) is 78.7 cm³/mol. The SMILES string of the molecule is COc1ccc(CC(O)c2sccc2Cl)cc1Br. The van der Waals surface area contributed by atoms with Crippen LogP contribution in [0.1, 0.15) is 16.5 Å². The monoisotopic (exact) mass is 346 g/mol. The van der Waals surface area contributed by atoms with E-state index in [1.165, 1.54) is 11.3 Å². The second-order valence-corrected chi connectivity index (χ2v) is 6.03. The van der Waals surface area contributed by atoms with Gasteiger partial charge in [-0.1, -0.05) is 17.7 Å². The third kappa shape index (κ3) is 3.06. The van der Waals surface area contributed by atoms with Gasteiger partial charge in [0.1, 0.15) is 5.75 Å². The molecule has 1 heterocycles. The molecule has 2 nitrogen and oxygen atoms in total. The summed E-state index contributed by atoms with van der Waals surface area (Å²) in [6.07, 6.45) is -0.0409. The highest BCUT2D eigenvalue weighted by Crippen LogP contribution is 2.32. The summed E-state index contributed by atoms with van der Waals surface area (Å²) < 4.78 is 6.05. The molecule has 0 bridgehead atoms. The van der Waals surface area contributed by atoms with Crippen LogP contribution in [0.3, 0.4) is 0 Å². The van der Waals surface area contributed by atoms with Crippen LogP contribution in [-0.4, -0.2) is 12.2 Å². The lowest BCUT2D eigenvalue weighted by Crippen LogP contribution is -2.00. The van der Waals surface area contributed by atoms with Crippen molar-refractivity contribution in [2.75, 3.05) is 7.11 Å². The molecule has 0 fully saturated rings. The van der Waals surface area contributed by atoms with E-state index in [1.807, 2.05) is 23.6 Å². The third-order valence-corrected chi connectivity index (χ3v) is 4.67. The van der Waals surface area contributed by atoms with E-state index in [2.05, 4.69) is 15.9 Å². The quantitative estimate of drug-likeness (QED) is 0.885. The molecule has 0 spiro atoms. The van der Waals surface area contributed by atoms with Crippen LogP contribution in [0.25, 0.3) is 0 Å². The number of aliphatic hydroxyl groups excluding tert-OH is 1. The molecular weight excluding hydrogens is 336 g/mol. The van der Waals surface area contributed by atoms with Crippen molar-refractivity contribution in [1.29, 1.82) is 0 Å². The molecule has 0 aliphatic heterocycles. The molecule has 1 atom stereocenters. The van der Waals surface area contributed by atoms with Gasteiger partial charge in [0.05, 0.1) is 27.6 Å². The molecule has 96 valence electrons. The minimum atomic E-state index is -0.571. The Labute approximate surface area is 123 Å². The molecule has 1 aromatic heterocycles. The second kappa shape index (κ2) is 6.06. The van der Waals surface area contributed by atoms with Gasteiger partial charge in [-0.05, 0) is 45.1 Å². The van der Waals surface area contributed by atoms with Gasteiger partial charge in [-0.3, -0.25) is 0 Å². The number of hydrogen-bond acceptors (Lipinski definition) is 3. The van der Waals surface area contributed by atoms with Crippen molar-refractivity contribution in [1.82, 2.24) is 0 Å². The van der Waals surface area contributed by atoms with Gasteiger partial charge in [0, 0.05) is 6.42 Å². The molecule has 18 heavy (non-hydrogen) atoms. The molecule has 0 aliphatic rings. The summed E-state index contributed by atoms with van der Waals surface area (Å²) in [5.41, 5.74) is 1.03. The van der Waals surface area contributed by atoms with E-state index in [9.17, 15) is 5.11 Å². The van der Waals surface area contributed by atoms with Gasteiger partial charge in [-0.25, -0.2) is 0 Å². The summed E-state index contributed by atoms with van der Waals surface area (Å²) in [5, 5.41) is 12.6. The first-order valence-electron chi connectivity index (χ1n) is 5.35. The number of thiophene rings is 1. The zero-order valence-corrected chi connectivity index (χ0v) is 12.8. The number of aliphatic hydroxyl groups is 1. The Kier molecular flexibility index (Phi) is 4.67. The second-order valence-electron chi connectivity index (χ2n) is 3.82. The average molecular weight is 348 g/mol. The minimum Gasteiger partial charge on any atom is -0.496 e. The molecule has 0 saturated carbocycles. The summed E-state index contributed by atoms with van der Waals surface area (Å²) in [6, 6.07) is 7.56. The maximum absolute atomic E-state index is 10.1. The smallest absolute Gasteiger partial charge is 0.133 e. The molecule has 5 heteroatoms. The van der Waals surface area contributed by atoms with Crippen LogP contribution in [0.4, 0.5) is 0 Å². The fourth-order valence-corrected chi connectivity index (χ4v) is 3.45. The molecule has 0 amide bonds. The molecule has 0 saturated heterocycles. The van der Waals surface area contributed by atoms with Crippen molar-refractivity contribution in [3.8, 4) is 5.75 Å². The van der Waals surface area contributed by atoms with Crippen LogP contribution in [-0.2, 0) is 6.42 Å². The first kappa shape index (κ1) is 13.9. The van der Waals surface area contributed by atoms with E-state index in [-0.39, 0.29) is 0 Å². The Balaban J connectivity index is 2.15. The summed E-state index contributed by atoms with van der Waals surface area (Å²) in [6.45, 7) is 0. The van der Waals surface area contributed by atoms with Crippen molar-refractivity contribution in [3.05, 3.63) is 49.6 Å². The van der Waals surface area contributed by atoms with E-state index in [1.54, 1.807) is 13.2 Å². The number of benzene rings is 1. The highest BCUT2D eigenvalue weighted by molar-refractivity contribution is 9.10. The van der Waals surface area contributed by atoms with Crippen LogP contribution < -0.4 is 4.74 Å². The number of ether oxygens (including phenoxy) is 1. The van der Waals surface area contributed by atoms with Crippen LogP contribution in [0.5, 0.6) is 5.75 Å². The predicted octanol–water partition coefficient (Wildman–Crippen LogP) is 4.45. The number of rotatable bonds is 4. The minimum absolute atomic E-state index is 0.531. The van der Waals surface area contributed by atoms with Crippen molar-refractivity contribution < 1.29 is 9.84 Å². The van der Waals surface area contributed by atoms with E-state index in [4.69, 9.17) is 16.3 Å². The van der Waals surface area contributed by atoms with E-state index < -0.39 is 6.10 Å². The van der Waals surface area contributed by atoms with E-state index in [0.29, 0.717) is 11.4 Å².